The number of halogens is 2. The minimum absolute atomic E-state index is 0.421. The highest BCUT2D eigenvalue weighted by Crippen LogP contribution is 2.26. The van der Waals surface area contributed by atoms with Crippen LogP contribution in [0.1, 0.15) is 32.1 Å². The van der Waals surface area contributed by atoms with Crippen molar-refractivity contribution in [1.82, 2.24) is 0 Å². The van der Waals surface area contributed by atoms with Crippen LogP contribution in [0.3, 0.4) is 0 Å². The highest BCUT2D eigenvalue weighted by atomic mass is 19.3. The van der Waals surface area contributed by atoms with Crippen molar-refractivity contribution < 1.29 is 13.5 Å². The molecule has 0 aromatic carbocycles. The summed E-state index contributed by atoms with van der Waals surface area (Å²) in [6, 6.07) is 0. The Bertz CT molecular complexity index is 100. The van der Waals surface area contributed by atoms with Gasteiger partial charge in [-0.15, -0.1) is 0 Å². The molecule has 1 radical (unpaired) electrons. The third-order valence-corrected chi connectivity index (χ3v) is 1.82. The summed E-state index contributed by atoms with van der Waals surface area (Å²) >= 11 is 0. The largest absolute Gasteiger partial charge is 0.366 e. The third kappa shape index (κ3) is 3.65. The van der Waals surface area contributed by atoms with Crippen molar-refractivity contribution >= 4 is 0 Å². The second-order valence-electron chi connectivity index (χ2n) is 2.80. The fourth-order valence-corrected chi connectivity index (χ4v) is 1.27. The lowest BCUT2D eigenvalue weighted by molar-refractivity contribution is 0.0120. The number of hydrogen-bond donors (Lipinski definition) is 0. The summed E-state index contributed by atoms with van der Waals surface area (Å²) in [7, 11) is 0. The minimum atomic E-state index is -2.33. The van der Waals surface area contributed by atoms with Crippen LogP contribution in [-0.2, 0) is 4.74 Å². The lowest BCUT2D eigenvalue weighted by Crippen LogP contribution is -2.12. The Labute approximate surface area is 65.7 Å². The van der Waals surface area contributed by atoms with Crippen LogP contribution in [0.5, 0.6) is 0 Å². The van der Waals surface area contributed by atoms with Crippen molar-refractivity contribution in [3.8, 4) is 0 Å². The first-order valence-electron chi connectivity index (χ1n) is 4.04. The zero-order chi connectivity index (χ0) is 8.10. The van der Waals surface area contributed by atoms with Crippen molar-refractivity contribution in [2.24, 2.45) is 0 Å². The summed E-state index contributed by atoms with van der Waals surface area (Å²) in [5.74, 6) is 0. The first-order chi connectivity index (χ1) is 5.29. The summed E-state index contributed by atoms with van der Waals surface area (Å²) < 4.78 is 28.2. The van der Waals surface area contributed by atoms with Gasteiger partial charge < -0.3 is 4.74 Å². The molecule has 0 unspecified atom stereocenters. The molecule has 1 aliphatic carbocycles. The summed E-state index contributed by atoms with van der Waals surface area (Å²) in [6.45, 7) is -0.421. The molecule has 0 N–H and O–H groups in total. The molecule has 1 fully saturated rings. The molecule has 0 saturated heterocycles. The van der Waals surface area contributed by atoms with Gasteiger partial charge in [0.15, 0.2) is 0 Å². The number of ether oxygens (including phenoxy) is 1. The van der Waals surface area contributed by atoms with Gasteiger partial charge in [-0.3, -0.25) is 0 Å². The molecule has 0 spiro atoms. The van der Waals surface area contributed by atoms with Crippen molar-refractivity contribution in [2.75, 3.05) is 6.61 Å². The molecular weight excluding hydrogens is 150 g/mol. The monoisotopic (exact) mass is 163 g/mol. The Kier molecular flexibility index (Phi) is 3.77. The SMILES string of the molecule is FC(F)CO[C]1CCCCC1. The smallest absolute Gasteiger partial charge is 0.261 e. The fourth-order valence-electron chi connectivity index (χ4n) is 1.27. The van der Waals surface area contributed by atoms with Crippen LogP contribution in [0.4, 0.5) is 8.78 Å². The first-order valence-corrected chi connectivity index (χ1v) is 4.04. The van der Waals surface area contributed by atoms with Crippen LogP contribution in [-0.4, -0.2) is 13.0 Å². The molecule has 0 atom stereocenters. The molecule has 1 nitrogen and oxygen atoms in total. The van der Waals surface area contributed by atoms with Gasteiger partial charge in [0.2, 0.25) is 0 Å². The molecule has 1 aliphatic rings. The van der Waals surface area contributed by atoms with Crippen molar-refractivity contribution in [2.45, 2.75) is 38.5 Å². The van der Waals surface area contributed by atoms with Crippen LogP contribution < -0.4 is 0 Å². The zero-order valence-corrected chi connectivity index (χ0v) is 6.48. The molecule has 1 rings (SSSR count). The summed E-state index contributed by atoms with van der Waals surface area (Å²) in [6.07, 6.45) is 3.71. The maximum atomic E-state index is 11.7. The van der Waals surface area contributed by atoms with E-state index in [1.165, 1.54) is 6.42 Å². The second kappa shape index (κ2) is 4.65. The lowest BCUT2D eigenvalue weighted by Gasteiger charge is -2.20. The molecular formula is C8H13F2O. The fraction of sp³-hybridized carbons (Fsp3) is 0.875. The average molecular weight is 163 g/mol. The van der Waals surface area contributed by atoms with E-state index in [-0.39, 0.29) is 0 Å². The second-order valence-corrected chi connectivity index (χ2v) is 2.80. The van der Waals surface area contributed by atoms with E-state index in [2.05, 4.69) is 0 Å². The van der Waals surface area contributed by atoms with Crippen molar-refractivity contribution in [1.29, 1.82) is 0 Å². The average Bonchev–Trinajstić information content (AvgIpc) is 2.03. The Morgan fingerprint density at radius 1 is 1.18 bits per heavy atom. The Morgan fingerprint density at radius 2 is 1.82 bits per heavy atom. The summed E-state index contributed by atoms with van der Waals surface area (Å²) in [4.78, 5) is 0. The number of hydrogen-bond acceptors (Lipinski definition) is 1. The van der Waals surface area contributed by atoms with Gasteiger partial charge in [0.1, 0.15) is 6.61 Å². The molecule has 0 aliphatic heterocycles. The zero-order valence-electron chi connectivity index (χ0n) is 6.48. The number of rotatable bonds is 3. The standard InChI is InChI=1S/C8H13F2O/c9-8(10)6-11-7-4-2-1-3-5-7/h8H,1-6H2. The maximum absolute atomic E-state index is 11.7. The normalized spacial score (nSPS) is 21.0. The van der Waals surface area contributed by atoms with E-state index in [1.54, 1.807) is 0 Å². The van der Waals surface area contributed by atoms with Gasteiger partial charge in [0.25, 0.3) is 6.43 Å². The van der Waals surface area contributed by atoms with Gasteiger partial charge in [-0.05, 0) is 12.8 Å². The molecule has 3 heteroatoms. The van der Waals surface area contributed by atoms with E-state index in [4.69, 9.17) is 4.74 Å². The Balaban J connectivity index is 2.05. The molecule has 1 saturated carbocycles. The Hall–Kier alpha value is -0.180. The van der Waals surface area contributed by atoms with Gasteiger partial charge in [-0.2, -0.15) is 0 Å². The molecule has 0 aromatic rings. The van der Waals surface area contributed by atoms with E-state index in [0.717, 1.165) is 31.8 Å². The van der Waals surface area contributed by atoms with E-state index < -0.39 is 13.0 Å². The van der Waals surface area contributed by atoms with Gasteiger partial charge >= 0.3 is 0 Å². The van der Waals surface area contributed by atoms with E-state index in [0.29, 0.717) is 0 Å². The lowest BCUT2D eigenvalue weighted by atomic mass is 9.98. The topological polar surface area (TPSA) is 9.23 Å². The van der Waals surface area contributed by atoms with Gasteiger partial charge in [-0.25, -0.2) is 8.78 Å². The van der Waals surface area contributed by atoms with Crippen LogP contribution in [0, 0.1) is 6.10 Å². The summed E-state index contributed by atoms with van der Waals surface area (Å²) in [5.41, 5.74) is 0. The molecule has 0 aromatic heterocycles. The van der Waals surface area contributed by atoms with E-state index >= 15 is 0 Å². The number of alkyl halides is 2. The highest BCUT2D eigenvalue weighted by Gasteiger charge is 2.16. The predicted molar refractivity (Wildman–Crippen MR) is 38.3 cm³/mol. The van der Waals surface area contributed by atoms with Crippen molar-refractivity contribution in [3.05, 3.63) is 6.10 Å². The predicted octanol–water partition coefficient (Wildman–Crippen LogP) is 2.76. The van der Waals surface area contributed by atoms with Crippen LogP contribution in [0.25, 0.3) is 0 Å². The van der Waals surface area contributed by atoms with Crippen LogP contribution in [0.15, 0.2) is 0 Å². The molecule has 0 heterocycles. The molecule has 11 heavy (non-hydrogen) atoms. The van der Waals surface area contributed by atoms with Gasteiger partial charge in [0, 0.05) is 0 Å². The highest BCUT2D eigenvalue weighted by molar-refractivity contribution is 4.82. The molecule has 0 amide bonds. The molecule has 65 valence electrons. The molecule has 0 bridgehead atoms. The van der Waals surface area contributed by atoms with Crippen LogP contribution in [0.2, 0.25) is 0 Å². The minimum Gasteiger partial charge on any atom is -0.366 e. The van der Waals surface area contributed by atoms with Crippen LogP contribution >= 0.6 is 0 Å². The third-order valence-electron chi connectivity index (χ3n) is 1.82. The van der Waals surface area contributed by atoms with E-state index in [9.17, 15) is 8.78 Å². The first kappa shape index (κ1) is 8.91. The quantitative estimate of drug-likeness (QED) is 0.621. The summed E-state index contributed by atoms with van der Waals surface area (Å²) in [5, 5.41) is 0. The van der Waals surface area contributed by atoms with Crippen molar-refractivity contribution in [3.63, 3.8) is 0 Å². The van der Waals surface area contributed by atoms with Gasteiger partial charge in [-0.1, -0.05) is 19.3 Å². The maximum Gasteiger partial charge on any atom is 0.261 e. The van der Waals surface area contributed by atoms with Gasteiger partial charge in [0.05, 0.1) is 6.10 Å². The van der Waals surface area contributed by atoms with E-state index in [1.807, 2.05) is 0 Å². The Morgan fingerprint density at radius 3 is 2.36 bits per heavy atom.